The molecule has 1 rings (SSSR count). The van der Waals surface area contributed by atoms with Gasteiger partial charge in [0.05, 0.1) is 14.7 Å². The van der Waals surface area contributed by atoms with Gasteiger partial charge in [0.2, 0.25) is 6.10 Å². The zero-order valence-corrected chi connectivity index (χ0v) is 21.8. The summed E-state index contributed by atoms with van der Waals surface area (Å²) in [7, 11) is -1.54. The van der Waals surface area contributed by atoms with Crippen molar-refractivity contribution in [2.45, 2.75) is 90.6 Å². The fourth-order valence-corrected chi connectivity index (χ4v) is 6.54. The smallest absolute Gasteiger partial charge is 0.352 e. The molecule has 0 saturated carbocycles. The van der Waals surface area contributed by atoms with E-state index in [1.54, 1.807) is 24.3 Å². The molecule has 0 bridgehead atoms. The average Bonchev–Trinajstić information content (AvgIpc) is 2.80. The number of rotatable bonds is 15. The van der Waals surface area contributed by atoms with E-state index in [1.807, 2.05) is 12.1 Å². The summed E-state index contributed by atoms with van der Waals surface area (Å²) in [6.45, 7) is 9.77. The van der Waals surface area contributed by atoms with Crippen molar-refractivity contribution >= 4 is 26.0 Å². The Morgan fingerprint density at radius 3 is 2.06 bits per heavy atom. The van der Waals surface area contributed by atoms with Crippen LogP contribution < -0.4 is 0 Å². The third-order valence-electron chi connectivity index (χ3n) is 6.08. The quantitative estimate of drug-likeness (QED) is 0.135. The van der Waals surface area contributed by atoms with E-state index in [2.05, 4.69) is 26.5 Å². The van der Waals surface area contributed by atoms with Crippen LogP contribution in [0.5, 0.6) is 0 Å². The molecule has 1 aromatic carbocycles. The number of carbonyl (C=O) groups excluding carboxylic acids is 3. The van der Waals surface area contributed by atoms with Gasteiger partial charge in [-0.3, -0.25) is 9.59 Å². The molecule has 0 amide bonds. The third-order valence-corrected chi connectivity index (χ3v) is 11.2. The van der Waals surface area contributed by atoms with Gasteiger partial charge in [0.1, 0.15) is 6.10 Å². The molecule has 0 aliphatic heterocycles. The molecule has 6 nitrogen and oxygen atoms in total. The maximum absolute atomic E-state index is 13.1. The molecule has 0 aliphatic rings. The number of esters is 3. The Balaban J connectivity index is 2.94. The van der Waals surface area contributed by atoms with Gasteiger partial charge >= 0.3 is 17.9 Å². The normalized spacial score (nSPS) is 13.4. The van der Waals surface area contributed by atoms with Crippen LogP contribution in [0.2, 0.25) is 18.1 Å². The molecule has 0 unspecified atom stereocenters. The zero-order chi connectivity index (χ0) is 24.7. The van der Waals surface area contributed by atoms with E-state index in [-0.39, 0.29) is 5.97 Å². The van der Waals surface area contributed by atoms with Gasteiger partial charge in [0.15, 0.2) is 0 Å². The molecule has 0 aliphatic carbocycles. The molecule has 0 spiro atoms. The van der Waals surface area contributed by atoms with Crippen LogP contribution in [0.15, 0.2) is 42.1 Å². The number of benzene rings is 1. The van der Waals surface area contributed by atoms with Crippen molar-refractivity contribution in [2.24, 2.45) is 0 Å². The minimum atomic E-state index is -1.54. The summed E-state index contributed by atoms with van der Waals surface area (Å²) in [4.78, 5) is 35.6. The van der Waals surface area contributed by atoms with Crippen molar-refractivity contribution in [3.05, 3.63) is 47.7 Å². The van der Waals surface area contributed by atoms with Crippen LogP contribution in [-0.4, -0.2) is 38.7 Å². The van der Waals surface area contributed by atoms with Crippen molar-refractivity contribution in [3.8, 4) is 0 Å². The summed E-state index contributed by atoms with van der Waals surface area (Å²) >= 11 is 0. The van der Waals surface area contributed by atoms with Gasteiger partial charge < -0.3 is 14.2 Å². The molecule has 0 fully saturated rings. The van der Waals surface area contributed by atoms with Crippen LogP contribution in [0.3, 0.4) is 0 Å². The molecule has 0 aromatic heterocycles. The zero-order valence-electron chi connectivity index (χ0n) is 20.8. The van der Waals surface area contributed by atoms with Gasteiger partial charge in [-0.2, -0.15) is 0 Å². The van der Waals surface area contributed by atoms with Crippen molar-refractivity contribution < 1.29 is 28.6 Å². The van der Waals surface area contributed by atoms with E-state index in [0.717, 1.165) is 37.4 Å². The number of hydrogen-bond acceptors (Lipinski definition) is 6. The highest BCUT2D eigenvalue weighted by Crippen LogP contribution is 2.25. The Labute approximate surface area is 199 Å². The fraction of sp³-hybridized carbons (Fsp3) is 0.577. The molecular formula is C26H40O6Si. The number of ether oxygens (including phenoxy) is 3. The van der Waals surface area contributed by atoms with Gasteiger partial charge in [0, 0.05) is 19.4 Å². The second-order valence-corrected chi connectivity index (χ2v) is 13.5. The molecular weight excluding hydrogens is 436 g/mol. The third kappa shape index (κ3) is 10.8. The van der Waals surface area contributed by atoms with Gasteiger partial charge in [-0.25, -0.2) is 4.79 Å². The molecule has 0 radical (unpaired) electrons. The maximum atomic E-state index is 13.1. The minimum absolute atomic E-state index is 0.276. The van der Waals surface area contributed by atoms with Gasteiger partial charge in [-0.1, -0.05) is 81.0 Å². The lowest BCUT2D eigenvalue weighted by molar-refractivity contribution is -0.169. The summed E-state index contributed by atoms with van der Waals surface area (Å²) in [5.74, 6) is -1.38. The molecule has 0 heterocycles. The lowest BCUT2D eigenvalue weighted by Crippen LogP contribution is -2.30. The first-order chi connectivity index (χ1) is 15.8. The molecule has 1 aromatic rings. The predicted molar refractivity (Wildman–Crippen MR) is 132 cm³/mol. The summed E-state index contributed by atoms with van der Waals surface area (Å²) in [6.07, 6.45) is 3.67. The predicted octanol–water partition coefficient (Wildman–Crippen LogP) is 5.93. The highest BCUT2D eigenvalue weighted by atomic mass is 28.3. The van der Waals surface area contributed by atoms with Gasteiger partial charge in [-0.05, 0) is 25.7 Å². The lowest BCUT2D eigenvalue weighted by Gasteiger charge is -2.25. The van der Waals surface area contributed by atoms with Crippen LogP contribution in [0.4, 0.5) is 0 Å². The standard InChI is InChI=1S/C26H40O6Si/c1-6-33(7-2,8-3)20-18-24(17-13-10-14-19-30-21(4)27)32-26(29)25(31-22(5)28)23-15-11-9-12-16-23/h9,11-12,15-16,18,20,24-25H,6-8,10,13-14,17,19H2,1-5H3/b20-18+/t24-,25-/m0/s1. The van der Waals surface area contributed by atoms with Crippen LogP contribution >= 0.6 is 0 Å². The van der Waals surface area contributed by atoms with E-state index in [0.29, 0.717) is 18.6 Å². The first kappa shape index (κ1) is 28.6. The SMILES string of the molecule is CC[Si](/C=C/[C@H](CCCCCOC(C)=O)OC(=O)[C@@H](OC(C)=O)c1ccccc1)(CC)CC. The Hall–Kier alpha value is -2.41. The van der Waals surface area contributed by atoms with Crippen LogP contribution in [0, 0.1) is 0 Å². The highest BCUT2D eigenvalue weighted by molar-refractivity contribution is 6.84. The van der Waals surface area contributed by atoms with Crippen molar-refractivity contribution in [1.29, 1.82) is 0 Å². The maximum Gasteiger partial charge on any atom is 0.352 e. The molecule has 7 heteroatoms. The van der Waals surface area contributed by atoms with Crippen molar-refractivity contribution in [3.63, 3.8) is 0 Å². The van der Waals surface area contributed by atoms with Crippen molar-refractivity contribution in [2.75, 3.05) is 6.61 Å². The second kappa shape index (κ2) is 15.4. The van der Waals surface area contributed by atoms with E-state index in [1.165, 1.54) is 13.8 Å². The number of carbonyl (C=O) groups is 3. The molecule has 2 atom stereocenters. The fourth-order valence-electron chi connectivity index (χ4n) is 3.71. The first-order valence-electron chi connectivity index (χ1n) is 12.0. The molecule has 33 heavy (non-hydrogen) atoms. The lowest BCUT2D eigenvalue weighted by atomic mass is 10.1. The summed E-state index contributed by atoms with van der Waals surface area (Å²) < 4.78 is 16.2. The molecule has 0 saturated heterocycles. The summed E-state index contributed by atoms with van der Waals surface area (Å²) in [5.41, 5.74) is 2.90. The van der Waals surface area contributed by atoms with Crippen LogP contribution in [0.25, 0.3) is 0 Å². The Kier molecular flexibility index (Phi) is 13.4. The summed E-state index contributed by atoms with van der Waals surface area (Å²) in [6, 6.07) is 12.3. The number of hydrogen-bond donors (Lipinski definition) is 0. The van der Waals surface area contributed by atoms with Gasteiger partial charge in [0.25, 0.3) is 0 Å². The highest BCUT2D eigenvalue weighted by Gasteiger charge is 2.28. The Bertz CT molecular complexity index is 749. The second-order valence-electron chi connectivity index (χ2n) is 8.35. The van der Waals surface area contributed by atoms with Crippen molar-refractivity contribution in [1.82, 2.24) is 0 Å². The Morgan fingerprint density at radius 2 is 1.52 bits per heavy atom. The van der Waals surface area contributed by atoms with Crippen LogP contribution in [-0.2, 0) is 28.6 Å². The minimum Gasteiger partial charge on any atom is -0.466 e. The molecule has 0 N–H and O–H groups in total. The van der Waals surface area contributed by atoms with Gasteiger partial charge in [-0.15, -0.1) is 0 Å². The summed E-state index contributed by atoms with van der Waals surface area (Å²) in [5, 5.41) is 0. The Morgan fingerprint density at radius 1 is 0.879 bits per heavy atom. The van der Waals surface area contributed by atoms with E-state index in [4.69, 9.17) is 14.2 Å². The topological polar surface area (TPSA) is 78.9 Å². The van der Waals surface area contributed by atoms with E-state index < -0.39 is 32.2 Å². The van der Waals surface area contributed by atoms with E-state index >= 15 is 0 Å². The number of unbranched alkanes of at least 4 members (excludes halogenated alkanes) is 2. The average molecular weight is 477 g/mol. The first-order valence-corrected chi connectivity index (χ1v) is 14.7. The molecule has 184 valence electrons. The monoisotopic (exact) mass is 476 g/mol. The largest absolute Gasteiger partial charge is 0.466 e. The van der Waals surface area contributed by atoms with Crippen LogP contribution in [0.1, 0.15) is 72.0 Å². The van der Waals surface area contributed by atoms with E-state index in [9.17, 15) is 14.4 Å².